The highest BCUT2D eigenvalue weighted by molar-refractivity contribution is 7.09. The minimum absolute atomic E-state index is 0.771. The number of hydrogen-bond acceptors (Lipinski definition) is 3. The number of nitrogens with zero attached hydrogens (tertiary/aromatic N) is 1. The van der Waals surface area contributed by atoms with Gasteiger partial charge in [-0.1, -0.05) is 25.7 Å². The first-order valence-corrected chi connectivity index (χ1v) is 6.95. The first kappa shape index (κ1) is 11.1. The fourth-order valence-corrected chi connectivity index (χ4v) is 2.86. The Morgan fingerprint density at radius 1 is 1.27 bits per heavy atom. The Hall–Kier alpha value is -0.410. The van der Waals surface area contributed by atoms with Gasteiger partial charge in [-0.2, -0.15) is 0 Å². The molecule has 3 heteroatoms. The Kier molecular flexibility index (Phi) is 4.61. The Labute approximate surface area is 96.1 Å². The van der Waals surface area contributed by atoms with E-state index in [2.05, 4.69) is 15.7 Å². The Bertz CT molecular complexity index is 251. The Morgan fingerprint density at radius 2 is 2.07 bits per heavy atom. The Morgan fingerprint density at radius 3 is 2.73 bits per heavy atom. The molecule has 2 rings (SSSR count). The third kappa shape index (κ3) is 3.92. The molecule has 1 aliphatic carbocycles. The number of rotatable bonds is 4. The molecule has 0 radical (unpaired) electrons. The molecule has 0 atom stereocenters. The van der Waals surface area contributed by atoms with E-state index in [9.17, 15) is 0 Å². The van der Waals surface area contributed by atoms with Crippen LogP contribution in [0.25, 0.3) is 0 Å². The SMILES string of the molecule is c1csc(CCNC2CCCCCC2)n1. The lowest BCUT2D eigenvalue weighted by Crippen LogP contribution is -2.30. The van der Waals surface area contributed by atoms with Crippen molar-refractivity contribution in [1.82, 2.24) is 10.3 Å². The van der Waals surface area contributed by atoms with Crippen LogP contribution in [0.5, 0.6) is 0 Å². The summed E-state index contributed by atoms with van der Waals surface area (Å²) in [5.74, 6) is 0. The summed E-state index contributed by atoms with van der Waals surface area (Å²) in [4.78, 5) is 4.30. The maximum atomic E-state index is 4.30. The molecule has 84 valence electrons. The van der Waals surface area contributed by atoms with E-state index in [0.29, 0.717) is 0 Å². The first-order chi connectivity index (χ1) is 7.45. The highest BCUT2D eigenvalue weighted by Crippen LogP contribution is 2.17. The lowest BCUT2D eigenvalue weighted by atomic mass is 10.1. The van der Waals surface area contributed by atoms with Crippen LogP contribution in [0, 0.1) is 0 Å². The molecule has 1 saturated carbocycles. The summed E-state index contributed by atoms with van der Waals surface area (Å²) in [5.41, 5.74) is 0. The molecule has 0 unspecified atom stereocenters. The van der Waals surface area contributed by atoms with Gasteiger partial charge in [0.15, 0.2) is 0 Å². The number of nitrogens with one attached hydrogen (secondary N) is 1. The van der Waals surface area contributed by atoms with Crippen LogP contribution in [0.2, 0.25) is 0 Å². The minimum atomic E-state index is 0.771. The molecular weight excluding hydrogens is 204 g/mol. The monoisotopic (exact) mass is 224 g/mol. The number of aromatic nitrogens is 1. The van der Waals surface area contributed by atoms with Crippen molar-refractivity contribution in [3.63, 3.8) is 0 Å². The molecule has 1 N–H and O–H groups in total. The third-order valence-corrected chi connectivity index (χ3v) is 3.95. The van der Waals surface area contributed by atoms with E-state index in [1.165, 1.54) is 43.5 Å². The largest absolute Gasteiger partial charge is 0.314 e. The maximum absolute atomic E-state index is 4.30. The standard InChI is InChI=1S/C12H20N2S/c1-2-4-6-11(5-3-1)13-8-7-12-14-9-10-15-12/h9-11,13H,1-8H2. The van der Waals surface area contributed by atoms with Crippen LogP contribution in [-0.4, -0.2) is 17.6 Å². The van der Waals surface area contributed by atoms with E-state index in [1.807, 2.05) is 6.20 Å². The predicted octanol–water partition coefficient (Wildman–Crippen LogP) is 3.00. The maximum Gasteiger partial charge on any atom is 0.0937 e. The van der Waals surface area contributed by atoms with E-state index >= 15 is 0 Å². The van der Waals surface area contributed by atoms with Gasteiger partial charge in [0.05, 0.1) is 5.01 Å². The quantitative estimate of drug-likeness (QED) is 0.795. The van der Waals surface area contributed by atoms with Crippen molar-refractivity contribution >= 4 is 11.3 Å². The lowest BCUT2D eigenvalue weighted by molar-refractivity contribution is 0.463. The van der Waals surface area contributed by atoms with Gasteiger partial charge in [0.1, 0.15) is 0 Å². The topological polar surface area (TPSA) is 24.9 Å². The van der Waals surface area contributed by atoms with Crippen LogP contribution in [0.3, 0.4) is 0 Å². The van der Waals surface area contributed by atoms with Gasteiger partial charge in [-0.3, -0.25) is 0 Å². The normalized spacial score (nSPS) is 18.9. The van der Waals surface area contributed by atoms with Crippen LogP contribution in [0.15, 0.2) is 11.6 Å². The van der Waals surface area contributed by atoms with Crippen molar-refractivity contribution in [2.75, 3.05) is 6.54 Å². The average molecular weight is 224 g/mol. The van der Waals surface area contributed by atoms with Crippen LogP contribution in [-0.2, 0) is 6.42 Å². The first-order valence-electron chi connectivity index (χ1n) is 6.07. The van der Waals surface area contributed by atoms with Crippen molar-refractivity contribution in [3.05, 3.63) is 16.6 Å². The fraction of sp³-hybridized carbons (Fsp3) is 0.750. The van der Waals surface area contributed by atoms with E-state index in [4.69, 9.17) is 0 Å². The number of thiazole rings is 1. The summed E-state index contributed by atoms with van der Waals surface area (Å²) in [6.45, 7) is 1.10. The second-order valence-electron chi connectivity index (χ2n) is 4.32. The molecule has 0 aromatic carbocycles. The van der Waals surface area contributed by atoms with Crippen LogP contribution in [0.4, 0.5) is 0 Å². The van der Waals surface area contributed by atoms with E-state index < -0.39 is 0 Å². The van der Waals surface area contributed by atoms with Gasteiger partial charge in [-0.25, -0.2) is 4.98 Å². The van der Waals surface area contributed by atoms with Gasteiger partial charge in [-0.15, -0.1) is 11.3 Å². The van der Waals surface area contributed by atoms with Crippen LogP contribution >= 0.6 is 11.3 Å². The van der Waals surface area contributed by atoms with Gasteiger partial charge in [-0.05, 0) is 12.8 Å². The zero-order chi connectivity index (χ0) is 10.3. The number of hydrogen-bond donors (Lipinski definition) is 1. The second-order valence-corrected chi connectivity index (χ2v) is 5.30. The van der Waals surface area contributed by atoms with Crippen molar-refractivity contribution in [2.24, 2.45) is 0 Å². The molecular formula is C12H20N2S. The molecule has 1 heterocycles. The predicted molar refractivity (Wildman–Crippen MR) is 65.3 cm³/mol. The van der Waals surface area contributed by atoms with Crippen molar-refractivity contribution < 1.29 is 0 Å². The van der Waals surface area contributed by atoms with E-state index in [-0.39, 0.29) is 0 Å². The molecule has 0 bridgehead atoms. The second kappa shape index (κ2) is 6.23. The molecule has 0 saturated heterocycles. The van der Waals surface area contributed by atoms with Gasteiger partial charge in [0, 0.05) is 30.6 Å². The van der Waals surface area contributed by atoms with Crippen LogP contribution in [0.1, 0.15) is 43.5 Å². The highest BCUT2D eigenvalue weighted by Gasteiger charge is 2.10. The van der Waals surface area contributed by atoms with Crippen LogP contribution < -0.4 is 5.32 Å². The average Bonchev–Trinajstić information content (AvgIpc) is 2.62. The third-order valence-electron chi connectivity index (χ3n) is 3.11. The summed E-state index contributed by atoms with van der Waals surface area (Å²) in [5, 5.41) is 6.98. The van der Waals surface area contributed by atoms with Gasteiger partial charge >= 0.3 is 0 Å². The lowest BCUT2D eigenvalue weighted by Gasteiger charge is -2.15. The van der Waals surface area contributed by atoms with Crippen molar-refractivity contribution in [1.29, 1.82) is 0 Å². The summed E-state index contributed by atoms with van der Waals surface area (Å²) in [7, 11) is 0. The molecule has 0 amide bonds. The molecule has 1 fully saturated rings. The molecule has 1 aliphatic rings. The zero-order valence-corrected chi connectivity index (χ0v) is 10.1. The zero-order valence-electron chi connectivity index (χ0n) is 9.24. The molecule has 0 aliphatic heterocycles. The van der Waals surface area contributed by atoms with Crippen molar-refractivity contribution in [3.8, 4) is 0 Å². The van der Waals surface area contributed by atoms with E-state index in [1.54, 1.807) is 11.3 Å². The summed E-state index contributed by atoms with van der Waals surface area (Å²) >= 11 is 1.76. The summed E-state index contributed by atoms with van der Waals surface area (Å²) in [6, 6.07) is 0.771. The Balaban J connectivity index is 1.64. The fourth-order valence-electron chi connectivity index (χ4n) is 2.24. The summed E-state index contributed by atoms with van der Waals surface area (Å²) < 4.78 is 0. The minimum Gasteiger partial charge on any atom is -0.314 e. The van der Waals surface area contributed by atoms with Crippen molar-refractivity contribution in [2.45, 2.75) is 51.0 Å². The molecule has 1 aromatic heterocycles. The highest BCUT2D eigenvalue weighted by atomic mass is 32.1. The van der Waals surface area contributed by atoms with E-state index in [0.717, 1.165) is 19.0 Å². The van der Waals surface area contributed by atoms with Gasteiger partial charge in [0.25, 0.3) is 0 Å². The van der Waals surface area contributed by atoms with Gasteiger partial charge in [0.2, 0.25) is 0 Å². The smallest absolute Gasteiger partial charge is 0.0937 e. The summed E-state index contributed by atoms with van der Waals surface area (Å²) in [6.07, 6.45) is 11.4. The van der Waals surface area contributed by atoms with Gasteiger partial charge < -0.3 is 5.32 Å². The molecule has 1 aromatic rings. The molecule has 2 nitrogen and oxygen atoms in total. The molecule has 0 spiro atoms. The molecule has 15 heavy (non-hydrogen) atoms.